The minimum Gasteiger partial charge on any atom is -0.351 e. The number of piperidine rings is 1. The van der Waals surface area contributed by atoms with Gasteiger partial charge in [0.2, 0.25) is 0 Å². The van der Waals surface area contributed by atoms with Gasteiger partial charge >= 0.3 is 0 Å². The highest BCUT2D eigenvalue weighted by Crippen LogP contribution is 2.28. The topological polar surface area (TPSA) is 45.2 Å². The van der Waals surface area contributed by atoms with Gasteiger partial charge < -0.3 is 5.32 Å². The second-order valence-electron chi connectivity index (χ2n) is 9.10. The maximum Gasteiger partial charge on any atom is 0.261 e. The number of aryl methyl sites for hydroxylation is 2. The first-order valence-electron chi connectivity index (χ1n) is 11.4. The molecule has 0 atom stereocenters. The number of carbonyl (C=O) groups excluding carboxylic acids is 1. The third-order valence-electron chi connectivity index (χ3n) is 6.47. The number of aromatic nitrogens is 1. The number of fused-ring (bicyclic) bond motifs is 2. The standard InChI is InChI=1S/C27H29N3OS/c1-18-3-6-21(7-4-18)17-30-11-9-20(10-12-30)16-28-26(31)25-15-23-14-22-13-19(2)5-8-24(22)29-27(23)32-25/h3-8,13-15,20H,9-12,16-17H2,1-2H3,(H,28,31). The first kappa shape index (κ1) is 21.1. The number of hydrogen-bond acceptors (Lipinski definition) is 4. The SMILES string of the molecule is Cc1ccc(CN2CCC(CNC(=O)c3cc4cc5cc(C)ccc5nc4s3)CC2)cc1. The molecule has 2 aromatic carbocycles. The van der Waals surface area contributed by atoms with E-state index < -0.39 is 0 Å². The van der Waals surface area contributed by atoms with E-state index in [1.165, 1.54) is 28.0 Å². The van der Waals surface area contributed by atoms with E-state index in [2.05, 4.69) is 72.6 Å². The van der Waals surface area contributed by atoms with Gasteiger partial charge in [0.05, 0.1) is 10.4 Å². The molecule has 1 aliphatic rings. The lowest BCUT2D eigenvalue weighted by Crippen LogP contribution is -2.38. The fourth-order valence-electron chi connectivity index (χ4n) is 4.49. The van der Waals surface area contributed by atoms with Gasteiger partial charge in [-0.15, -0.1) is 11.3 Å². The summed E-state index contributed by atoms with van der Waals surface area (Å²) in [5.41, 5.74) is 4.88. The summed E-state index contributed by atoms with van der Waals surface area (Å²) in [6, 6.07) is 19.2. The van der Waals surface area contributed by atoms with Gasteiger partial charge in [0.15, 0.2) is 0 Å². The number of rotatable bonds is 5. The van der Waals surface area contributed by atoms with Crippen LogP contribution in [-0.4, -0.2) is 35.4 Å². The van der Waals surface area contributed by atoms with Gasteiger partial charge in [-0.1, -0.05) is 41.5 Å². The molecule has 1 fully saturated rings. The summed E-state index contributed by atoms with van der Waals surface area (Å²) in [6.45, 7) is 8.16. The molecule has 0 saturated carbocycles. The molecule has 0 radical (unpaired) electrons. The van der Waals surface area contributed by atoms with Gasteiger partial charge in [-0.2, -0.15) is 0 Å². The molecular formula is C27H29N3OS. The van der Waals surface area contributed by atoms with Crippen LogP contribution in [0.1, 0.15) is 39.2 Å². The van der Waals surface area contributed by atoms with E-state index >= 15 is 0 Å². The van der Waals surface area contributed by atoms with Crippen molar-refractivity contribution < 1.29 is 4.79 Å². The van der Waals surface area contributed by atoms with Gasteiger partial charge in [-0.3, -0.25) is 9.69 Å². The molecule has 4 aromatic rings. The van der Waals surface area contributed by atoms with Crippen LogP contribution in [-0.2, 0) is 6.54 Å². The highest BCUT2D eigenvalue weighted by molar-refractivity contribution is 7.20. The lowest BCUT2D eigenvalue weighted by molar-refractivity contribution is 0.0939. The molecule has 5 heteroatoms. The fraction of sp³-hybridized carbons (Fsp3) is 0.333. The van der Waals surface area contributed by atoms with Crippen LogP contribution >= 0.6 is 11.3 Å². The molecule has 1 amide bonds. The smallest absolute Gasteiger partial charge is 0.261 e. The second kappa shape index (κ2) is 9.00. The Hall–Kier alpha value is -2.76. The first-order valence-corrected chi connectivity index (χ1v) is 12.2. The molecule has 5 rings (SSSR count). The minimum absolute atomic E-state index is 0.0234. The van der Waals surface area contributed by atoms with Crippen LogP contribution < -0.4 is 5.32 Å². The van der Waals surface area contributed by atoms with Crippen LogP contribution in [0.15, 0.2) is 54.6 Å². The van der Waals surface area contributed by atoms with E-state index in [0.717, 1.165) is 65.0 Å². The molecule has 0 spiro atoms. The molecular weight excluding hydrogens is 414 g/mol. The molecule has 4 nitrogen and oxygen atoms in total. The van der Waals surface area contributed by atoms with E-state index in [0.29, 0.717) is 5.92 Å². The normalized spacial score (nSPS) is 15.4. The Labute approximate surface area is 193 Å². The summed E-state index contributed by atoms with van der Waals surface area (Å²) in [4.78, 5) is 21.7. The van der Waals surface area contributed by atoms with Crippen LogP contribution in [0.4, 0.5) is 0 Å². The quantitative estimate of drug-likeness (QED) is 0.430. The van der Waals surface area contributed by atoms with Crippen molar-refractivity contribution in [2.75, 3.05) is 19.6 Å². The fourth-order valence-corrected chi connectivity index (χ4v) is 5.43. The Balaban J connectivity index is 1.16. The zero-order valence-corrected chi connectivity index (χ0v) is 19.5. The summed E-state index contributed by atoms with van der Waals surface area (Å²) in [5, 5.41) is 5.35. The maximum atomic E-state index is 12.8. The lowest BCUT2D eigenvalue weighted by Gasteiger charge is -2.32. The maximum absolute atomic E-state index is 12.8. The Bertz CT molecular complexity index is 1250. The first-order chi connectivity index (χ1) is 15.5. The average Bonchev–Trinajstić information content (AvgIpc) is 3.21. The van der Waals surface area contributed by atoms with E-state index in [4.69, 9.17) is 4.98 Å². The van der Waals surface area contributed by atoms with Crippen molar-refractivity contribution >= 4 is 38.4 Å². The predicted molar refractivity (Wildman–Crippen MR) is 133 cm³/mol. The number of carbonyl (C=O) groups is 1. The minimum atomic E-state index is 0.0234. The monoisotopic (exact) mass is 443 g/mol. The van der Waals surface area contributed by atoms with Crippen molar-refractivity contribution in [1.29, 1.82) is 0 Å². The number of hydrogen-bond donors (Lipinski definition) is 1. The average molecular weight is 444 g/mol. The third-order valence-corrected chi connectivity index (χ3v) is 7.51. The van der Waals surface area contributed by atoms with E-state index in [1.807, 2.05) is 6.07 Å². The van der Waals surface area contributed by atoms with Gasteiger partial charge in [0, 0.05) is 23.9 Å². The van der Waals surface area contributed by atoms with Crippen molar-refractivity contribution in [3.63, 3.8) is 0 Å². The van der Waals surface area contributed by atoms with E-state index in [9.17, 15) is 4.79 Å². The Morgan fingerprint density at radius 1 is 1.00 bits per heavy atom. The lowest BCUT2D eigenvalue weighted by atomic mass is 9.96. The second-order valence-corrected chi connectivity index (χ2v) is 10.1. The van der Waals surface area contributed by atoms with Crippen molar-refractivity contribution in [2.24, 2.45) is 5.92 Å². The number of thiophene rings is 1. The molecule has 3 heterocycles. The molecule has 1 aliphatic heterocycles. The zero-order valence-electron chi connectivity index (χ0n) is 18.7. The molecule has 1 N–H and O–H groups in total. The number of amides is 1. The summed E-state index contributed by atoms with van der Waals surface area (Å²) >= 11 is 1.48. The number of likely N-dealkylation sites (tertiary alicyclic amines) is 1. The Morgan fingerprint density at radius 2 is 1.75 bits per heavy atom. The van der Waals surface area contributed by atoms with E-state index in [1.54, 1.807) is 0 Å². The van der Waals surface area contributed by atoms with Crippen LogP contribution in [0.2, 0.25) is 0 Å². The summed E-state index contributed by atoms with van der Waals surface area (Å²) in [5.74, 6) is 0.571. The van der Waals surface area contributed by atoms with Gasteiger partial charge in [0.25, 0.3) is 5.91 Å². The van der Waals surface area contributed by atoms with Gasteiger partial charge in [-0.05, 0) is 75.5 Å². The van der Waals surface area contributed by atoms with Crippen molar-refractivity contribution in [1.82, 2.24) is 15.2 Å². The van der Waals surface area contributed by atoms with Crippen LogP contribution in [0, 0.1) is 19.8 Å². The molecule has 32 heavy (non-hydrogen) atoms. The molecule has 164 valence electrons. The summed E-state index contributed by atoms with van der Waals surface area (Å²) in [6.07, 6.45) is 2.26. The molecule has 0 aliphatic carbocycles. The number of nitrogens with one attached hydrogen (secondary N) is 1. The van der Waals surface area contributed by atoms with Gasteiger partial charge in [0.1, 0.15) is 4.83 Å². The predicted octanol–water partition coefficient (Wildman–Crippen LogP) is 5.71. The number of benzene rings is 2. The Kier molecular flexibility index (Phi) is 5.94. The zero-order chi connectivity index (χ0) is 22.1. The van der Waals surface area contributed by atoms with Crippen molar-refractivity contribution in [3.8, 4) is 0 Å². The van der Waals surface area contributed by atoms with Gasteiger partial charge in [-0.25, -0.2) is 4.98 Å². The Morgan fingerprint density at radius 3 is 2.53 bits per heavy atom. The summed E-state index contributed by atoms with van der Waals surface area (Å²) < 4.78 is 0. The van der Waals surface area contributed by atoms with Crippen LogP contribution in [0.3, 0.4) is 0 Å². The highest BCUT2D eigenvalue weighted by Gasteiger charge is 2.20. The molecule has 0 bridgehead atoms. The third kappa shape index (κ3) is 4.69. The molecule has 2 aromatic heterocycles. The van der Waals surface area contributed by atoms with Crippen molar-refractivity contribution in [2.45, 2.75) is 33.2 Å². The van der Waals surface area contributed by atoms with Crippen LogP contribution in [0.5, 0.6) is 0 Å². The van der Waals surface area contributed by atoms with Crippen molar-refractivity contribution in [3.05, 3.63) is 76.2 Å². The number of nitrogens with zero attached hydrogens (tertiary/aromatic N) is 2. The highest BCUT2D eigenvalue weighted by atomic mass is 32.1. The van der Waals surface area contributed by atoms with Crippen LogP contribution in [0.25, 0.3) is 21.1 Å². The summed E-state index contributed by atoms with van der Waals surface area (Å²) in [7, 11) is 0. The molecule has 0 unspecified atom stereocenters. The largest absolute Gasteiger partial charge is 0.351 e. The molecule has 1 saturated heterocycles. The van der Waals surface area contributed by atoms with E-state index in [-0.39, 0.29) is 5.91 Å². The number of pyridine rings is 1.